The van der Waals surface area contributed by atoms with Crippen LogP contribution in [-0.4, -0.2) is 34.0 Å². The second-order valence-corrected chi connectivity index (χ2v) is 6.40. The summed E-state index contributed by atoms with van der Waals surface area (Å²) in [6.45, 7) is 1.92. The predicted molar refractivity (Wildman–Crippen MR) is 72.3 cm³/mol. The number of carbonyl (C=O) groups excluding carboxylic acids is 1. The average molecular weight is 279 g/mol. The Bertz CT molecular complexity index is 513. The van der Waals surface area contributed by atoms with Crippen LogP contribution in [0.4, 0.5) is 0 Å². The Morgan fingerprint density at radius 3 is 2.84 bits per heavy atom. The molecule has 19 heavy (non-hydrogen) atoms. The molecule has 4 nitrogen and oxygen atoms in total. The van der Waals surface area contributed by atoms with Crippen LogP contribution >= 0.6 is 11.3 Å². The summed E-state index contributed by atoms with van der Waals surface area (Å²) in [5, 5.41) is 11.5. The Morgan fingerprint density at radius 2 is 2.32 bits per heavy atom. The molecule has 1 amide bonds. The van der Waals surface area contributed by atoms with Gasteiger partial charge in [-0.2, -0.15) is 0 Å². The number of hydrogen-bond donors (Lipinski definition) is 1. The van der Waals surface area contributed by atoms with Crippen molar-refractivity contribution in [3.8, 4) is 0 Å². The lowest BCUT2D eigenvalue weighted by molar-refractivity contribution is -0.151. The van der Waals surface area contributed by atoms with Gasteiger partial charge in [0.1, 0.15) is 0 Å². The second kappa shape index (κ2) is 4.34. The molecule has 1 aromatic rings. The number of carbonyl (C=O) groups is 2. The van der Waals surface area contributed by atoms with E-state index >= 15 is 0 Å². The first-order valence-electron chi connectivity index (χ1n) is 6.69. The molecule has 0 radical (unpaired) electrons. The standard InChI is InChI=1S/C14H17NO3S/c1-2-14(13(17)18)8-9-5-6-11(14)15(9)12(16)10-4-3-7-19-10/h3-4,7,9,11H,2,5-6,8H2,1H3,(H,17,18)/t9-,11+,14+/m0/s1. The first kappa shape index (κ1) is 12.7. The summed E-state index contributed by atoms with van der Waals surface area (Å²) in [5.41, 5.74) is -0.726. The van der Waals surface area contributed by atoms with Gasteiger partial charge >= 0.3 is 5.97 Å². The van der Waals surface area contributed by atoms with Crippen molar-refractivity contribution in [3.63, 3.8) is 0 Å². The molecule has 2 aliphatic heterocycles. The molecule has 1 N–H and O–H groups in total. The molecule has 2 aliphatic rings. The van der Waals surface area contributed by atoms with E-state index in [1.165, 1.54) is 11.3 Å². The molecule has 0 saturated carbocycles. The van der Waals surface area contributed by atoms with Crippen LogP contribution < -0.4 is 0 Å². The normalized spacial score (nSPS) is 32.8. The number of carboxylic acids is 1. The topological polar surface area (TPSA) is 57.6 Å². The Morgan fingerprint density at radius 1 is 1.53 bits per heavy atom. The molecule has 0 aromatic carbocycles. The molecule has 2 saturated heterocycles. The zero-order chi connectivity index (χ0) is 13.6. The van der Waals surface area contributed by atoms with Gasteiger partial charge in [0.25, 0.3) is 5.91 Å². The molecule has 5 heteroatoms. The van der Waals surface area contributed by atoms with E-state index in [-0.39, 0.29) is 18.0 Å². The summed E-state index contributed by atoms with van der Waals surface area (Å²) in [6, 6.07) is 3.66. The van der Waals surface area contributed by atoms with E-state index in [9.17, 15) is 14.7 Å². The summed E-state index contributed by atoms with van der Waals surface area (Å²) in [6.07, 6.45) is 2.97. The van der Waals surface area contributed by atoms with E-state index < -0.39 is 11.4 Å². The van der Waals surface area contributed by atoms with E-state index in [4.69, 9.17) is 0 Å². The van der Waals surface area contributed by atoms with Gasteiger partial charge in [-0.15, -0.1) is 11.3 Å². The van der Waals surface area contributed by atoms with Crippen LogP contribution in [0.3, 0.4) is 0 Å². The fourth-order valence-corrected chi connectivity index (χ4v) is 4.45. The van der Waals surface area contributed by atoms with E-state index in [1.54, 1.807) is 0 Å². The molecular formula is C14H17NO3S. The molecule has 3 rings (SSSR count). The third-order valence-corrected chi connectivity index (χ3v) is 5.62. The quantitative estimate of drug-likeness (QED) is 0.925. The number of aliphatic carboxylic acids is 1. The molecular weight excluding hydrogens is 262 g/mol. The third-order valence-electron chi connectivity index (χ3n) is 4.76. The summed E-state index contributed by atoms with van der Waals surface area (Å²) >= 11 is 1.43. The predicted octanol–water partition coefficient (Wildman–Crippen LogP) is 2.61. The van der Waals surface area contributed by atoms with Crippen molar-refractivity contribution < 1.29 is 14.7 Å². The first-order valence-corrected chi connectivity index (χ1v) is 7.57. The number of thiophene rings is 1. The van der Waals surface area contributed by atoms with Crippen LogP contribution in [0.25, 0.3) is 0 Å². The number of amides is 1. The van der Waals surface area contributed by atoms with Gasteiger partial charge in [0, 0.05) is 12.1 Å². The SMILES string of the molecule is CC[C@@]1(C(=O)O)C[C@@H]2CC[C@H]1N2C(=O)c1cccs1. The van der Waals surface area contributed by atoms with Crippen LogP contribution in [-0.2, 0) is 4.79 Å². The lowest BCUT2D eigenvalue weighted by Gasteiger charge is -2.32. The maximum atomic E-state index is 12.5. The Hall–Kier alpha value is -1.36. The van der Waals surface area contributed by atoms with Gasteiger partial charge in [-0.3, -0.25) is 9.59 Å². The summed E-state index contributed by atoms with van der Waals surface area (Å²) in [5.74, 6) is -0.731. The smallest absolute Gasteiger partial charge is 0.311 e. The van der Waals surface area contributed by atoms with Crippen LogP contribution in [0, 0.1) is 5.41 Å². The summed E-state index contributed by atoms with van der Waals surface area (Å²) in [7, 11) is 0. The van der Waals surface area contributed by atoms with Gasteiger partial charge in [0.2, 0.25) is 0 Å². The van der Waals surface area contributed by atoms with Crippen molar-refractivity contribution in [3.05, 3.63) is 22.4 Å². The van der Waals surface area contributed by atoms with Gasteiger partial charge in [0.15, 0.2) is 0 Å². The third kappa shape index (κ3) is 1.64. The van der Waals surface area contributed by atoms with Gasteiger partial charge in [-0.25, -0.2) is 0 Å². The van der Waals surface area contributed by atoms with Crippen molar-refractivity contribution >= 4 is 23.2 Å². The molecule has 0 aliphatic carbocycles. The highest BCUT2D eigenvalue weighted by Gasteiger charge is 2.60. The van der Waals surface area contributed by atoms with Crippen LogP contribution in [0.1, 0.15) is 42.3 Å². The number of hydrogen-bond acceptors (Lipinski definition) is 3. The lowest BCUT2D eigenvalue weighted by atomic mass is 9.72. The summed E-state index contributed by atoms with van der Waals surface area (Å²) < 4.78 is 0. The van der Waals surface area contributed by atoms with Gasteiger partial charge in [-0.1, -0.05) is 13.0 Å². The summed E-state index contributed by atoms with van der Waals surface area (Å²) in [4.78, 5) is 26.8. The lowest BCUT2D eigenvalue weighted by Crippen LogP contribution is -2.44. The molecule has 0 spiro atoms. The Balaban J connectivity index is 1.93. The van der Waals surface area contributed by atoms with Gasteiger partial charge in [-0.05, 0) is 37.1 Å². The zero-order valence-electron chi connectivity index (χ0n) is 10.8. The Kier molecular flexibility index (Phi) is 2.89. The van der Waals surface area contributed by atoms with Crippen molar-refractivity contribution in [2.75, 3.05) is 0 Å². The average Bonchev–Trinajstić information content (AvgIpc) is 3.12. The van der Waals surface area contributed by atoms with Crippen LogP contribution in [0.5, 0.6) is 0 Å². The molecule has 102 valence electrons. The number of carboxylic acid groups (broad SMARTS) is 1. The maximum Gasteiger partial charge on any atom is 0.311 e. The molecule has 2 fully saturated rings. The fraction of sp³-hybridized carbons (Fsp3) is 0.571. The minimum Gasteiger partial charge on any atom is -0.481 e. The molecule has 0 unspecified atom stereocenters. The van der Waals surface area contributed by atoms with Gasteiger partial charge in [0.05, 0.1) is 10.3 Å². The van der Waals surface area contributed by atoms with E-state index in [0.717, 1.165) is 12.8 Å². The van der Waals surface area contributed by atoms with Crippen molar-refractivity contribution in [1.82, 2.24) is 4.90 Å². The number of rotatable bonds is 3. The number of nitrogens with zero attached hydrogens (tertiary/aromatic N) is 1. The Labute approximate surface area is 116 Å². The van der Waals surface area contributed by atoms with Crippen LogP contribution in [0.2, 0.25) is 0 Å². The molecule has 3 heterocycles. The monoisotopic (exact) mass is 279 g/mol. The molecule has 1 aromatic heterocycles. The van der Waals surface area contributed by atoms with Crippen molar-refractivity contribution in [1.29, 1.82) is 0 Å². The van der Waals surface area contributed by atoms with Crippen molar-refractivity contribution in [2.45, 2.75) is 44.7 Å². The highest BCUT2D eigenvalue weighted by molar-refractivity contribution is 7.12. The minimum atomic E-state index is -0.744. The maximum absolute atomic E-state index is 12.5. The molecule has 2 bridgehead atoms. The highest BCUT2D eigenvalue weighted by atomic mass is 32.1. The first-order chi connectivity index (χ1) is 9.10. The minimum absolute atomic E-state index is 0.0130. The molecule has 3 atom stereocenters. The van der Waals surface area contributed by atoms with Crippen LogP contribution in [0.15, 0.2) is 17.5 Å². The van der Waals surface area contributed by atoms with Crippen molar-refractivity contribution in [2.24, 2.45) is 5.41 Å². The number of fused-ring (bicyclic) bond motifs is 2. The van der Waals surface area contributed by atoms with Gasteiger partial charge < -0.3 is 10.0 Å². The van der Waals surface area contributed by atoms with E-state index in [1.807, 2.05) is 29.3 Å². The van der Waals surface area contributed by atoms with E-state index in [0.29, 0.717) is 17.7 Å². The highest BCUT2D eigenvalue weighted by Crippen LogP contribution is 2.52. The van der Waals surface area contributed by atoms with E-state index in [2.05, 4.69) is 0 Å². The second-order valence-electron chi connectivity index (χ2n) is 5.46. The zero-order valence-corrected chi connectivity index (χ0v) is 11.7. The fourth-order valence-electron chi connectivity index (χ4n) is 3.78. The largest absolute Gasteiger partial charge is 0.481 e.